The van der Waals surface area contributed by atoms with Gasteiger partial charge in [-0.05, 0) is 60.4 Å². The fourth-order valence-electron chi connectivity index (χ4n) is 3.18. The Kier molecular flexibility index (Phi) is 4.86. The predicted octanol–water partition coefficient (Wildman–Crippen LogP) is 3.77. The molecule has 2 aromatic heterocycles. The van der Waals surface area contributed by atoms with Crippen molar-refractivity contribution >= 4 is 17.2 Å². The Labute approximate surface area is 169 Å². The average molecular weight is 385 g/mol. The van der Waals surface area contributed by atoms with E-state index in [4.69, 9.17) is 5.73 Å². The number of carbonyl (C=O) groups excluding carboxylic acids is 1. The van der Waals surface area contributed by atoms with Gasteiger partial charge < -0.3 is 11.1 Å². The average Bonchev–Trinajstić information content (AvgIpc) is 3.16. The Hall–Kier alpha value is -3.51. The third kappa shape index (κ3) is 4.33. The second-order valence-electron chi connectivity index (χ2n) is 7.70. The summed E-state index contributed by atoms with van der Waals surface area (Å²) in [5.74, 6) is -0.0533. The van der Waals surface area contributed by atoms with E-state index < -0.39 is 5.54 Å². The Morgan fingerprint density at radius 1 is 1.03 bits per heavy atom. The molecule has 0 saturated heterocycles. The maximum atomic E-state index is 12.4. The van der Waals surface area contributed by atoms with Crippen molar-refractivity contribution in [1.29, 1.82) is 0 Å². The smallest absolute Gasteiger partial charge is 0.228 e. The summed E-state index contributed by atoms with van der Waals surface area (Å²) in [7, 11) is 0. The van der Waals surface area contributed by atoms with E-state index in [1.54, 1.807) is 4.52 Å². The maximum Gasteiger partial charge on any atom is 0.228 e. The Bertz CT molecular complexity index is 1140. The number of nitrogens with zero attached hydrogens (tertiary/aromatic N) is 3. The quantitative estimate of drug-likeness (QED) is 0.548. The van der Waals surface area contributed by atoms with E-state index in [1.807, 2.05) is 80.7 Å². The van der Waals surface area contributed by atoms with E-state index in [9.17, 15) is 4.79 Å². The van der Waals surface area contributed by atoms with Crippen LogP contribution in [-0.2, 0) is 16.8 Å². The minimum Gasteiger partial charge on any atom is -0.326 e. The first-order valence-electron chi connectivity index (χ1n) is 9.46. The molecule has 0 aliphatic heterocycles. The van der Waals surface area contributed by atoms with Crippen LogP contribution in [-0.4, -0.2) is 20.5 Å². The van der Waals surface area contributed by atoms with Crippen LogP contribution in [0.5, 0.6) is 0 Å². The summed E-state index contributed by atoms with van der Waals surface area (Å²) < 4.78 is 1.73. The van der Waals surface area contributed by atoms with Crippen LogP contribution >= 0.6 is 0 Å². The molecule has 1 amide bonds. The van der Waals surface area contributed by atoms with Gasteiger partial charge in [-0.1, -0.05) is 36.4 Å². The van der Waals surface area contributed by atoms with Gasteiger partial charge in [0.05, 0.1) is 6.42 Å². The fraction of sp³-hybridized carbons (Fsp3) is 0.174. The van der Waals surface area contributed by atoms with Crippen LogP contribution in [0.25, 0.3) is 16.8 Å². The minimum absolute atomic E-state index is 0.0533. The largest absolute Gasteiger partial charge is 0.326 e. The number of hydrogen-bond acceptors (Lipinski definition) is 4. The highest BCUT2D eigenvalue weighted by Crippen LogP contribution is 2.22. The number of aromatic nitrogens is 3. The van der Waals surface area contributed by atoms with Crippen molar-refractivity contribution in [2.75, 3.05) is 5.32 Å². The lowest BCUT2D eigenvalue weighted by atomic mass is 9.95. The molecule has 0 bridgehead atoms. The zero-order valence-electron chi connectivity index (χ0n) is 16.5. The van der Waals surface area contributed by atoms with E-state index in [1.165, 1.54) is 6.33 Å². The lowest BCUT2D eigenvalue weighted by Gasteiger charge is -2.19. The number of fused-ring (bicyclic) bond motifs is 1. The van der Waals surface area contributed by atoms with E-state index in [0.29, 0.717) is 6.42 Å². The Morgan fingerprint density at radius 3 is 2.45 bits per heavy atom. The zero-order valence-corrected chi connectivity index (χ0v) is 16.5. The highest BCUT2D eigenvalue weighted by Gasteiger charge is 2.13. The van der Waals surface area contributed by atoms with Crippen molar-refractivity contribution < 1.29 is 4.79 Å². The molecule has 6 nitrogen and oxygen atoms in total. The molecule has 0 aliphatic rings. The zero-order chi connectivity index (χ0) is 20.4. The van der Waals surface area contributed by atoms with Crippen molar-refractivity contribution in [2.24, 2.45) is 5.73 Å². The summed E-state index contributed by atoms with van der Waals surface area (Å²) in [6.07, 6.45) is 3.73. The number of benzene rings is 2. The number of nitrogens with one attached hydrogen (secondary N) is 1. The van der Waals surface area contributed by atoms with Crippen molar-refractivity contribution in [1.82, 2.24) is 14.6 Å². The minimum atomic E-state index is -0.400. The maximum absolute atomic E-state index is 12.4. The molecule has 0 unspecified atom stereocenters. The first-order chi connectivity index (χ1) is 13.9. The topological polar surface area (TPSA) is 85.3 Å². The van der Waals surface area contributed by atoms with Crippen molar-refractivity contribution in [3.8, 4) is 11.1 Å². The summed E-state index contributed by atoms with van der Waals surface area (Å²) in [4.78, 5) is 16.6. The third-order valence-corrected chi connectivity index (χ3v) is 4.85. The molecular formula is C23H23N5O. The lowest BCUT2D eigenvalue weighted by Crippen LogP contribution is -2.28. The molecule has 0 aliphatic carbocycles. The molecule has 4 rings (SSSR count). The van der Waals surface area contributed by atoms with Gasteiger partial charge in [-0.2, -0.15) is 5.10 Å². The number of amides is 1. The van der Waals surface area contributed by atoms with Gasteiger partial charge in [-0.25, -0.2) is 9.50 Å². The summed E-state index contributed by atoms with van der Waals surface area (Å²) in [5, 5.41) is 7.04. The molecule has 146 valence electrons. The molecular weight excluding hydrogens is 362 g/mol. The molecule has 4 aromatic rings. The molecule has 0 atom stereocenters. The molecule has 29 heavy (non-hydrogen) atoms. The van der Waals surface area contributed by atoms with Gasteiger partial charge >= 0.3 is 0 Å². The molecule has 6 heteroatoms. The van der Waals surface area contributed by atoms with Crippen molar-refractivity contribution in [2.45, 2.75) is 25.8 Å². The van der Waals surface area contributed by atoms with E-state index in [0.717, 1.165) is 33.6 Å². The van der Waals surface area contributed by atoms with Crippen molar-refractivity contribution in [3.63, 3.8) is 0 Å². The predicted molar refractivity (Wildman–Crippen MR) is 114 cm³/mol. The first-order valence-corrected chi connectivity index (χ1v) is 9.46. The second kappa shape index (κ2) is 7.48. The summed E-state index contributed by atoms with van der Waals surface area (Å²) in [6, 6.07) is 19.6. The van der Waals surface area contributed by atoms with Crippen LogP contribution in [0.3, 0.4) is 0 Å². The van der Waals surface area contributed by atoms with E-state index in [2.05, 4.69) is 15.4 Å². The molecule has 0 fully saturated rings. The standard InChI is InChI=1S/C23H23N5O/c1-23(2,24)19-7-9-20(10-8-19)27-22(29)13-16-3-5-17(6-4-16)18-11-12-28-21(14-18)25-15-26-28/h3-12,14-15H,13,24H2,1-2H3,(H,27,29). The van der Waals surface area contributed by atoms with Gasteiger partial charge in [0.2, 0.25) is 5.91 Å². The number of rotatable bonds is 5. The highest BCUT2D eigenvalue weighted by atomic mass is 16.1. The van der Waals surface area contributed by atoms with Crippen LogP contribution in [0.15, 0.2) is 73.2 Å². The highest BCUT2D eigenvalue weighted by molar-refractivity contribution is 5.92. The normalized spacial score (nSPS) is 11.6. The Morgan fingerprint density at radius 2 is 1.76 bits per heavy atom. The monoisotopic (exact) mass is 385 g/mol. The summed E-state index contributed by atoms with van der Waals surface area (Å²) >= 11 is 0. The fourth-order valence-corrected chi connectivity index (χ4v) is 3.18. The van der Waals surface area contributed by atoms with Gasteiger partial charge in [0.25, 0.3) is 0 Å². The van der Waals surface area contributed by atoms with Crippen molar-refractivity contribution in [3.05, 3.63) is 84.3 Å². The lowest BCUT2D eigenvalue weighted by molar-refractivity contribution is -0.115. The first kappa shape index (κ1) is 18.8. The molecule has 3 N–H and O–H groups in total. The van der Waals surface area contributed by atoms with Crippen LogP contribution in [0.1, 0.15) is 25.0 Å². The third-order valence-electron chi connectivity index (χ3n) is 4.85. The van der Waals surface area contributed by atoms with Crippen LogP contribution < -0.4 is 11.1 Å². The number of hydrogen-bond donors (Lipinski definition) is 2. The second-order valence-corrected chi connectivity index (χ2v) is 7.70. The molecule has 2 heterocycles. The SMILES string of the molecule is CC(C)(N)c1ccc(NC(=O)Cc2ccc(-c3ccn4ncnc4c3)cc2)cc1. The Balaban J connectivity index is 1.41. The van der Waals surface area contributed by atoms with Gasteiger partial charge in [-0.15, -0.1) is 0 Å². The number of carbonyl (C=O) groups is 1. The van der Waals surface area contributed by atoms with Crippen LogP contribution in [0, 0.1) is 0 Å². The molecule has 2 aromatic carbocycles. The van der Waals surface area contributed by atoms with Gasteiger partial charge in [-0.3, -0.25) is 4.79 Å². The number of nitrogens with two attached hydrogens (primary N) is 1. The molecule has 0 radical (unpaired) electrons. The van der Waals surface area contributed by atoms with E-state index >= 15 is 0 Å². The van der Waals surface area contributed by atoms with Crippen LogP contribution in [0.2, 0.25) is 0 Å². The summed E-state index contributed by atoms with van der Waals surface area (Å²) in [6.45, 7) is 3.91. The van der Waals surface area contributed by atoms with Crippen LogP contribution in [0.4, 0.5) is 5.69 Å². The van der Waals surface area contributed by atoms with Gasteiger partial charge in [0, 0.05) is 17.4 Å². The van der Waals surface area contributed by atoms with Gasteiger partial charge in [0.1, 0.15) is 6.33 Å². The molecule has 0 saturated carbocycles. The number of pyridine rings is 1. The summed E-state index contributed by atoms with van der Waals surface area (Å²) in [5.41, 5.74) is 11.4. The molecule has 0 spiro atoms. The number of anilines is 1. The van der Waals surface area contributed by atoms with Gasteiger partial charge in [0.15, 0.2) is 5.65 Å². The van der Waals surface area contributed by atoms with E-state index in [-0.39, 0.29) is 5.91 Å².